The summed E-state index contributed by atoms with van der Waals surface area (Å²) in [6.45, 7) is 3.74. The van der Waals surface area contributed by atoms with E-state index < -0.39 is 23.0 Å². The van der Waals surface area contributed by atoms with Crippen LogP contribution in [0.2, 0.25) is 0 Å². The van der Waals surface area contributed by atoms with Gasteiger partial charge in [-0.25, -0.2) is 8.78 Å². The minimum atomic E-state index is -0.973. The molecular weight excluding hydrogens is 226 g/mol. The Bertz CT molecular complexity index is 482. The molecule has 0 amide bonds. The predicted molar refractivity (Wildman–Crippen MR) is 58.5 cm³/mol. The molecule has 4 heteroatoms. The van der Waals surface area contributed by atoms with Crippen LogP contribution >= 0.6 is 0 Å². The Labute approximate surface area is 98.6 Å². The summed E-state index contributed by atoms with van der Waals surface area (Å²) in [5.74, 6) is -1.81. The average Bonchev–Trinajstić information content (AvgIpc) is 2.81. The highest BCUT2D eigenvalue weighted by molar-refractivity contribution is 5.88. The highest BCUT2D eigenvalue weighted by atomic mass is 19.1. The lowest BCUT2D eigenvalue weighted by molar-refractivity contribution is -0.144. The van der Waals surface area contributed by atoms with Crippen molar-refractivity contribution in [3.8, 4) is 0 Å². The molecule has 0 radical (unpaired) electrons. The van der Waals surface area contributed by atoms with Crippen LogP contribution in [0.25, 0.3) is 0 Å². The molecule has 1 fully saturated rings. The van der Waals surface area contributed by atoms with Gasteiger partial charge in [-0.1, -0.05) is 19.9 Å². The normalized spacial score (nSPS) is 25.5. The van der Waals surface area contributed by atoms with E-state index in [2.05, 4.69) is 0 Å². The maximum atomic E-state index is 13.8. The lowest BCUT2D eigenvalue weighted by Gasteiger charge is -2.19. The van der Waals surface area contributed by atoms with E-state index in [9.17, 15) is 13.6 Å². The van der Waals surface area contributed by atoms with Crippen molar-refractivity contribution < 1.29 is 18.3 Å². The molecule has 2 rings (SSSR count). The zero-order valence-corrected chi connectivity index (χ0v) is 10.0. The molecule has 17 heavy (non-hydrogen) atoms. The minimum absolute atomic E-state index is 0.218. The summed E-state index contributed by atoms with van der Waals surface area (Å²) in [7, 11) is 1.28. The van der Waals surface area contributed by atoms with Gasteiger partial charge in [-0.05, 0) is 17.9 Å². The van der Waals surface area contributed by atoms with Gasteiger partial charge in [-0.3, -0.25) is 4.79 Å². The molecule has 0 heterocycles. The van der Waals surface area contributed by atoms with Gasteiger partial charge in [0.05, 0.1) is 7.11 Å². The maximum Gasteiger partial charge on any atom is 0.316 e. The van der Waals surface area contributed by atoms with Crippen molar-refractivity contribution in [2.45, 2.75) is 25.7 Å². The molecule has 0 N–H and O–H groups in total. The summed E-state index contributed by atoms with van der Waals surface area (Å²) >= 11 is 0. The summed E-state index contributed by atoms with van der Waals surface area (Å²) in [5.41, 5.74) is -1.12. The highest BCUT2D eigenvalue weighted by Gasteiger charge is 2.69. The molecule has 1 aromatic rings. The Morgan fingerprint density at radius 2 is 1.94 bits per heavy atom. The number of benzene rings is 1. The first-order valence-corrected chi connectivity index (χ1v) is 5.39. The van der Waals surface area contributed by atoms with Gasteiger partial charge in [0.15, 0.2) is 0 Å². The number of carbonyl (C=O) groups excluding carboxylic acids is 1. The molecule has 1 saturated carbocycles. The van der Waals surface area contributed by atoms with Crippen LogP contribution in [0, 0.1) is 17.0 Å². The molecule has 0 spiro atoms. The molecule has 2 nitrogen and oxygen atoms in total. The Kier molecular flexibility index (Phi) is 2.49. The Hall–Kier alpha value is -1.45. The molecule has 1 atom stereocenters. The fraction of sp³-hybridized carbons (Fsp3) is 0.462. The van der Waals surface area contributed by atoms with Crippen molar-refractivity contribution in [3.05, 3.63) is 35.4 Å². The second-order valence-corrected chi connectivity index (χ2v) is 5.08. The van der Waals surface area contributed by atoms with Crippen LogP contribution in [0.15, 0.2) is 18.2 Å². The summed E-state index contributed by atoms with van der Waals surface area (Å²) in [6, 6.07) is 3.29. The number of hydrogen-bond acceptors (Lipinski definition) is 2. The van der Waals surface area contributed by atoms with Gasteiger partial charge in [0.1, 0.15) is 17.0 Å². The van der Waals surface area contributed by atoms with Crippen LogP contribution in [-0.2, 0) is 14.9 Å². The fourth-order valence-electron chi connectivity index (χ4n) is 2.55. The van der Waals surface area contributed by atoms with Gasteiger partial charge < -0.3 is 4.74 Å². The average molecular weight is 240 g/mol. The minimum Gasteiger partial charge on any atom is -0.468 e. The molecule has 92 valence electrons. The molecule has 1 aliphatic carbocycles. The molecule has 0 aromatic heterocycles. The Morgan fingerprint density at radius 1 is 1.35 bits per heavy atom. The van der Waals surface area contributed by atoms with Gasteiger partial charge in [0.25, 0.3) is 0 Å². The molecule has 1 aliphatic rings. The largest absolute Gasteiger partial charge is 0.468 e. The van der Waals surface area contributed by atoms with Crippen molar-refractivity contribution in [2.24, 2.45) is 5.41 Å². The van der Waals surface area contributed by atoms with Crippen LogP contribution in [0.4, 0.5) is 8.78 Å². The van der Waals surface area contributed by atoms with Crippen molar-refractivity contribution in [1.82, 2.24) is 0 Å². The van der Waals surface area contributed by atoms with Crippen molar-refractivity contribution in [1.29, 1.82) is 0 Å². The SMILES string of the molecule is COC(=O)C1(c2ccc(F)cc2F)CC1(C)C. The van der Waals surface area contributed by atoms with E-state index in [0.717, 1.165) is 12.1 Å². The van der Waals surface area contributed by atoms with E-state index in [1.54, 1.807) is 0 Å². The molecular formula is C13H14F2O2. The summed E-state index contributed by atoms with van der Waals surface area (Å²) in [4.78, 5) is 11.9. The fourth-order valence-corrected chi connectivity index (χ4v) is 2.55. The third kappa shape index (κ3) is 1.54. The van der Waals surface area contributed by atoms with Crippen LogP contribution in [-0.4, -0.2) is 13.1 Å². The van der Waals surface area contributed by atoms with Gasteiger partial charge in [0, 0.05) is 11.6 Å². The van der Waals surface area contributed by atoms with Crippen molar-refractivity contribution in [2.75, 3.05) is 7.11 Å². The van der Waals surface area contributed by atoms with Crippen molar-refractivity contribution in [3.63, 3.8) is 0 Å². The van der Waals surface area contributed by atoms with Gasteiger partial charge >= 0.3 is 5.97 Å². The van der Waals surface area contributed by atoms with Crippen LogP contribution in [0.1, 0.15) is 25.8 Å². The smallest absolute Gasteiger partial charge is 0.316 e. The van der Waals surface area contributed by atoms with E-state index in [4.69, 9.17) is 4.74 Å². The number of methoxy groups -OCH3 is 1. The molecule has 0 aliphatic heterocycles. The van der Waals surface area contributed by atoms with Gasteiger partial charge in [0.2, 0.25) is 0 Å². The van der Waals surface area contributed by atoms with Crippen LogP contribution in [0.5, 0.6) is 0 Å². The first kappa shape index (κ1) is 12.0. The first-order chi connectivity index (χ1) is 7.85. The standard InChI is InChI=1S/C13H14F2O2/c1-12(2)7-13(12,11(16)17-3)9-5-4-8(14)6-10(9)15/h4-6H,7H2,1-3H3. The third-order valence-electron chi connectivity index (χ3n) is 3.66. The zero-order valence-electron chi connectivity index (χ0n) is 10.0. The van der Waals surface area contributed by atoms with E-state index in [-0.39, 0.29) is 11.0 Å². The van der Waals surface area contributed by atoms with E-state index in [1.807, 2.05) is 13.8 Å². The predicted octanol–water partition coefficient (Wildman–Crippen LogP) is 2.81. The second-order valence-electron chi connectivity index (χ2n) is 5.08. The number of esters is 1. The van der Waals surface area contributed by atoms with E-state index >= 15 is 0 Å². The quantitative estimate of drug-likeness (QED) is 0.743. The number of halogens is 2. The lowest BCUT2D eigenvalue weighted by atomic mass is 9.87. The molecule has 0 bridgehead atoms. The first-order valence-electron chi connectivity index (χ1n) is 5.39. The number of carbonyl (C=O) groups is 1. The number of rotatable bonds is 2. The summed E-state index contributed by atoms with van der Waals surface area (Å²) < 4.78 is 31.4. The molecule has 1 aromatic carbocycles. The number of ether oxygens (including phenoxy) is 1. The topological polar surface area (TPSA) is 26.3 Å². The summed E-state index contributed by atoms with van der Waals surface area (Å²) in [6.07, 6.45) is 0.509. The monoisotopic (exact) mass is 240 g/mol. The highest BCUT2D eigenvalue weighted by Crippen LogP contribution is 2.65. The zero-order chi connectivity index (χ0) is 12.8. The van der Waals surface area contributed by atoms with E-state index in [0.29, 0.717) is 6.42 Å². The van der Waals surface area contributed by atoms with Gasteiger partial charge in [-0.15, -0.1) is 0 Å². The van der Waals surface area contributed by atoms with E-state index in [1.165, 1.54) is 13.2 Å². The molecule has 0 saturated heterocycles. The van der Waals surface area contributed by atoms with Crippen molar-refractivity contribution >= 4 is 5.97 Å². The number of hydrogen-bond donors (Lipinski definition) is 0. The third-order valence-corrected chi connectivity index (χ3v) is 3.66. The Morgan fingerprint density at radius 3 is 2.35 bits per heavy atom. The molecule has 1 unspecified atom stereocenters. The maximum absolute atomic E-state index is 13.8. The Balaban J connectivity index is 2.53. The van der Waals surface area contributed by atoms with Gasteiger partial charge in [-0.2, -0.15) is 0 Å². The lowest BCUT2D eigenvalue weighted by Crippen LogP contribution is -2.28. The second kappa shape index (κ2) is 3.52. The summed E-state index contributed by atoms with van der Waals surface area (Å²) in [5, 5.41) is 0. The van der Waals surface area contributed by atoms with Crippen LogP contribution in [0.3, 0.4) is 0 Å². The van der Waals surface area contributed by atoms with Crippen LogP contribution < -0.4 is 0 Å².